The zero-order chi connectivity index (χ0) is 22.4. The Morgan fingerprint density at radius 3 is 2.52 bits per heavy atom. The Balaban J connectivity index is 1.68. The molecule has 0 aliphatic carbocycles. The zero-order valence-electron chi connectivity index (χ0n) is 18.8. The van der Waals surface area contributed by atoms with E-state index in [9.17, 15) is 13.2 Å². The summed E-state index contributed by atoms with van der Waals surface area (Å²) < 4.78 is 40.0. The lowest BCUT2D eigenvalue weighted by Gasteiger charge is -2.35. The number of anilines is 1. The fraction of sp³-hybridized carbons (Fsp3) is 0.682. The summed E-state index contributed by atoms with van der Waals surface area (Å²) in [6, 6.07) is 4.53. The molecular weight excluding hydrogens is 405 g/mol. The van der Waals surface area contributed by atoms with Crippen LogP contribution in [0.3, 0.4) is 0 Å². The largest absolute Gasteiger partial charge is 0.416 e. The molecule has 2 N–H and O–H groups in total. The van der Waals surface area contributed by atoms with Crippen LogP contribution in [0, 0.1) is 0 Å². The van der Waals surface area contributed by atoms with Crippen LogP contribution in [0.15, 0.2) is 23.2 Å². The Hall–Kier alpha value is -2.00. The molecule has 0 amide bonds. The van der Waals surface area contributed by atoms with Crippen LogP contribution >= 0.6 is 0 Å². The van der Waals surface area contributed by atoms with Crippen LogP contribution in [0.5, 0.6) is 0 Å². The number of likely N-dealkylation sites (N-methyl/N-ethyl adjacent to an activating group) is 2. The summed E-state index contributed by atoms with van der Waals surface area (Å²) in [7, 11) is 3.75. The summed E-state index contributed by atoms with van der Waals surface area (Å²) in [5.41, 5.74) is 0.880. The maximum Gasteiger partial charge on any atom is 0.416 e. The minimum absolute atomic E-state index is 0.285. The van der Waals surface area contributed by atoms with Gasteiger partial charge in [0.15, 0.2) is 5.96 Å². The number of hydrogen-bond donors (Lipinski definition) is 2. The van der Waals surface area contributed by atoms with E-state index in [-0.39, 0.29) is 6.54 Å². The van der Waals surface area contributed by atoms with Crippen LogP contribution in [0.1, 0.15) is 30.9 Å². The molecule has 31 heavy (non-hydrogen) atoms. The molecule has 9 heteroatoms. The minimum atomic E-state index is -4.36. The first-order valence-corrected chi connectivity index (χ1v) is 11.1. The van der Waals surface area contributed by atoms with E-state index in [1.165, 1.54) is 18.6 Å². The molecule has 0 radical (unpaired) electrons. The van der Waals surface area contributed by atoms with Gasteiger partial charge in [-0.15, -0.1) is 0 Å². The third-order valence-corrected chi connectivity index (χ3v) is 6.33. The number of halogens is 3. The topological polar surface area (TPSA) is 46.1 Å². The van der Waals surface area contributed by atoms with Crippen LogP contribution < -0.4 is 15.5 Å². The molecule has 2 heterocycles. The van der Waals surface area contributed by atoms with Crippen LogP contribution in [-0.2, 0) is 12.7 Å². The maximum absolute atomic E-state index is 13.3. The third-order valence-electron chi connectivity index (χ3n) is 6.33. The van der Waals surface area contributed by atoms with E-state index in [1.54, 1.807) is 13.1 Å². The van der Waals surface area contributed by atoms with E-state index in [4.69, 9.17) is 0 Å². The van der Waals surface area contributed by atoms with Gasteiger partial charge < -0.3 is 20.4 Å². The average Bonchev–Trinajstić information content (AvgIpc) is 3.21. The predicted octanol–water partition coefficient (Wildman–Crippen LogP) is 2.61. The van der Waals surface area contributed by atoms with Gasteiger partial charge in [0, 0.05) is 58.0 Å². The highest BCUT2D eigenvalue weighted by Gasteiger charge is 2.31. The Morgan fingerprint density at radius 2 is 1.87 bits per heavy atom. The Bertz CT molecular complexity index is 743. The van der Waals surface area contributed by atoms with Crippen LogP contribution in [-0.4, -0.2) is 81.7 Å². The van der Waals surface area contributed by atoms with Crippen LogP contribution in [0.4, 0.5) is 18.9 Å². The summed E-state index contributed by atoms with van der Waals surface area (Å²) in [5.74, 6) is 0.615. The monoisotopic (exact) mass is 440 g/mol. The van der Waals surface area contributed by atoms with Crippen molar-refractivity contribution in [3.63, 3.8) is 0 Å². The quantitative estimate of drug-likeness (QED) is 0.526. The van der Waals surface area contributed by atoms with Gasteiger partial charge in [0.05, 0.1) is 5.56 Å². The number of benzene rings is 1. The van der Waals surface area contributed by atoms with Gasteiger partial charge >= 0.3 is 6.18 Å². The van der Waals surface area contributed by atoms with Gasteiger partial charge in [0.1, 0.15) is 0 Å². The highest BCUT2D eigenvalue weighted by molar-refractivity contribution is 5.79. The molecule has 2 fully saturated rings. The van der Waals surface area contributed by atoms with Crippen molar-refractivity contribution in [2.75, 3.05) is 64.8 Å². The van der Waals surface area contributed by atoms with Crippen LogP contribution in [0.25, 0.3) is 0 Å². The van der Waals surface area contributed by atoms with Gasteiger partial charge in [-0.25, -0.2) is 0 Å². The number of nitrogens with zero attached hydrogens (tertiary/aromatic N) is 4. The van der Waals surface area contributed by atoms with E-state index in [2.05, 4.69) is 44.3 Å². The van der Waals surface area contributed by atoms with Crippen molar-refractivity contribution >= 4 is 11.6 Å². The average molecular weight is 441 g/mol. The predicted molar refractivity (Wildman–Crippen MR) is 120 cm³/mol. The fourth-order valence-corrected chi connectivity index (χ4v) is 4.42. The molecule has 0 saturated carbocycles. The second-order valence-corrected chi connectivity index (χ2v) is 8.36. The molecule has 2 aliphatic rings. The van der Waals surface area contributed by atoms with Gasteiger partial charge in [0.25, 0.3) is 0 Å². The molecule has 0 bridgehead atoms. The van der Waals surface area contributed by atoms with Crippen molar-refractivity contribution < 1.29 is 13.2 Å². The smallest absolute Gasteiger partial charge is 0.369 e. The summed E-state index contributed by atoms with van der Waals surface area (Å²) in [4.78, 5) is 11.1. The van der Waals surface area contributed by atoms with E-state index in [0.717, 1.165) is 57.9 Å². The van der Waals surface area contributed by atoms with Gasteiger partial charge in [0.2, 0.25) is 0 Å². The number of piperazine rings is 1. The van der Waals surface area contributed by atoms with Crippen molar-refractivity contribution in [1.29, 1.82) is 0 Å². The number of alkyl halides is 3. The lowest BCUT2D eigenvalue weighted by molar-refractivity contribution is -0.137. The first-order valence-electron chi connectivity index (χ1n) is 11.1. The van der Waals surface area contributed by atoms with Crippen molar-refractivity contribution in [3.8, 4) is 0 Å². The zero-order valence-corrected chi connectivity index (χ0v) is 18.8. The number of hydrogen-bond acceptors (Lipinski definition) is 4. The number of likely N-dealkylation sites (tertiary alicyclic amines) is 1. The molecule has 0 spiro atoms. The number of guanidine groups is 1. The molecule has 6 nitrogen and oxygen atoms in total. The molecule has 2 aliphatic heterocycles. The highest BCUT2D eigenvalue weighted by atomic mass is 19.4. The summed E-state index contributed by atoms with van der Waals surface area (Å²) >= 11 is 0. The normalized spacial score (nSPS) is 21.5. The number of rotatable bonds is 6. The summed E-state index contributed by atoms with van der Waals surface area (Å²) in [5, 5.41) is 6.58. The van der Waals surface area contributed by atoms with Crippen molar-refractivity contribution in [1.82, 2.24) is 20.4 Å². The van der Waals surface area contributed by atoms with E-state index >= 15 is 0 Å². The van der Waals surface area contributed by atoms with Crippen molar-refractivity contribution in [2.24, 2.45) is 4.99 Å². The van der Waals surface area contributed by atoms with Gasteiger partial charge in [-0.3, -0.25) is 9.89 Å². The summed E-state index contributed by atoms with van der Waals surface area (Å²) in [6.45, 7) is 8.77. The molecule has 3 rings (SSSR count). The van der Waals surface area contributed by atoms with Crippen molar-refractivity contribution in [3.05, 3.63) is 29.3 Å². The maximum atomic E-state index is 13.3. The van der Waals surface area contributed by atoms with E-state index < -0.39 is 11.7 Å². The molecular formula is C22H35F3N6. The molecule has 1 unspecified atom stereocenters. The SMILES string of the molecule is CCN1CCCC1CNC(=NC)NCc1cc(C(F)(F)F)ccc1N1CCN(C)CC1. The Labute approximate surface area is 183 Å². The third kappa shape index (κ3) is 6.26. The first-order chi connectivity index (χ1) is 14.8. The van der Waals surface area contributed by atoms with Gasteiger partial charge in [-0.1, -0.05) is 6.92 Å². The second-order valence-electron chi connectivity index (χ2n) is 8.36. The highest BCUT2D eigenvalue weighted by Crippen LogP contribution is 2.33. The van der Waals surface area contributed by atoms with E-state index in [1.807, 2.05) is 0 Å². The van der Waals surface area contributed by atoms with Gasteiger partial charge in [-0.2, -0.15) is 13.2 Å². The number of nitrogens with one attached hydrogen (secondary N) is 2. The molecule has 0 aromatic heterocycles. The molecule has 174 valence electrons. The van der Waals surface area contributed by atoms with Crippen LogP contribution in [0.2, 0.25) is 0 Å². The first kappa shape index (κ1) is 23.7. The fourth-order valence-electron chi connectivity index (χ4n) is 4.42. The van der Waals surface area contributed by atoms with E-state index in [0.29, 0.717) is 17.6 Å². The standard InChI is InChI=1S/C22H35F3N6/c1-4-30-9-5-6-19(30)16-28-21(26-2)27-15-17-14-18(22(23,24)25)7-8-20(17)31-12-10-29(3)11-13-31/h7-8,14,19H,4-6,9-13,15-16H2,1-3H3,(H2,26,27,28). The van der Waals surface area contributed by atoms with Crippen molar-refractivity contribution in [2.45, 2.75) is 38.5 Å². The second kappa shape index (κ2) is 10.5. The molecule has 2 saturated heterocycles. The minimum Gasteiger partial charge on any atom is -0.369 e. The Morgan fingerprint density at radius 1 is 1.13 bits per heavy atom. The lowest BCUT2D eigenvalue weighted by atomic mass is 10.1. The number of aliphatic imine (C=N–C) groups is 1. The lowest BCUT2D eigenvalue weighted by Crippen LogP contribution is -2.46. The summed E-state index contributed by atoms with van der Waals surface area (Å²) in [6.07, 6.45) is -2.01. The van der Waals surface area contributed by atoms with Gasteiger partial charge in [-0.05, 0) is 56.7 Å². The molecule has 1 aromatic rings. The molecule has 1 atom stereocenters. The Kier molecular flexibility index (Phi) is 8.05. The molecule has 1 aromatic carbocycles.